The lowest BCUT2D eigenvalue weighted by molar-refractivity contribution is 0.475. The second-order valence-electron chi connectivity index (χ2n) is 4.25. The number of sulfonamides is 1. The second-order valence-corrected chi connectivity index (χ2v) is 6.42. The Morgan fingerprint density at radius 3 is 2.53 bits per heavy atom. The van der Waals surface area contributed by atoms with Crippen LogP contribution >= 0.6 is 11.6 Å². The summed E-state index contributed by atoms with van der Waals surface area (Å²) in [6.07, 6.45) is 0. The third-order valence-corrected chi connectivity index (χ3v) is 4.49. The van der Waals surface area contributed by atoms with Gasteiger partial charge in [-0.05, 0) is 43.7 Å². The van der Waals surface area contributed by atoms with E-state index in [0.29, 0.717) is 10.8 Å². The minimum absolute atomic E-state index is 0.113. The summed E-state index contributed by atoms with van der Waals surface area (Å²) in [6, 6.07) is 8.16. The van der Waals surface area contributed by atoms with Gasteiger partial charge in [0.05, 0.1) is 11.4 Å². The molecule has 0 aliphatic rings. The number of hydrogen-bond acceptors (Lipinski definition) is 3. The van der Waals surface area contributed by atoms with Crippen molar-refractivity contribution in [2.75, 3.05) is 0 Å². The van der Waals surface area contributed by atoms with Crippen LogP contribution in [0, 0.1) is 13.8 Å². The largest absolute Gasteiger partial charge is 0.465 e. The average Bonchev–Trinajstić information content (AvgIpc) is 2.76. The van der Waals surface area contributed by atoms with Crippen molar-refractivity contribution in [3.63, 3.8) is 0 Å². The van der Waals surface area contributed by atoms with Gasteiger partial charge in [-0.3, -0.25) is 0 Å². The molecule has 0 atom stereocenters. The fraction of sp³-hybridized carbons (Fsp3) is 0.231. The summed E-state index contributed by atoms with van der Waals surface area (Å²) in [4.78, 5) is 0.145. The molecule has 1 aromatic carbocycles. The summed E-state index contributed by atoms with van der Waals surface area (Å²) in [5.41, 5.74) is 0.835. The first kappa shape index (κ1) is 14.1. The predicted octanol–water partition coefficient (Wildman–Crippen LogP) is 3.03. The van der Waals surface area contributed by atoms with Crippen LogP contribution in [0.25, 0.3) is 0 Å². The van der Waals surface area contributed by atoms with E-state index in [-0.39, 0.29) is 11.4 Å². The molecule has 0 amide bonds. The van der Waals surface area contributed by atoms with Crippen LogP contribution in [0.4, 0.5) is 0 Å². The highest BCUT2D eigenvalue weighted by atomic mass is 35.5. The molecule has 19 heavy (non-hydrogen) atoms. The standard InChI is InChI=1S/C13H14ClNO3S/c1-9-3-6-12(7-13(9)14)19(16,17)15-8-11-5-4-10(2)18-11/h3-7,15H,8H2,1-2H3. The van der Waals surface area contributed by atoms with E-state index in [0.717, 1.165) is 11.3 Å². The summed E-state index contributed by atoms with van der Waals surface area (Å²) < 4.78 is 31.9. The molecule has 4 nitrogen and oxygen atoms in total. The van der Waals surface area contributed by atoms with Crippen molar-refractivity contribution in [3.05, 3.63) is 52.4 Å². The zero-order chi connectivity index (χ0) is 14.0. The van der Waals surface area contributed by atoms with Crippen molar-refractivity contribution >= 4 is 21.6 Å². The Bertz CT molecular complexity index is 692. The Morgan fingerprint density at radius 1 is 1.21 bits per heavy atom. The normalized spacial score (nSPS) is 11.7. The Kier molecular flexibility index (Phi) is 3.99. The Balaban J connectivity index is 2.16. The molecule has 102 valence electrons. The van der Waals surface area contributed by atoms with Crippen molar-refractivity contribution in [1.29, 1.82) is 0 Å². The Hall–Kier alpha value is -1.30. The Morgan fingerprint density at radius 2 is 1.95 bits per heavy atom. The maximum absolute atomic E-state index is 12.1. The lowest BCUT2D eigenvalue weighted by Gasteiger charge is -2.06. The maximum atomic E-state index is 12.1. The van der Waals surface area contributed by atoms with E-state index in [9.17, 15) is 8.42 Å². The highest BCUT2D eigenvalue weighted by Crippen LogP contribution is 2.20. The molecular weight excluding hydrogens is 286 g/mol. The van der Waals surface area contributed by atoms with E-state index in [2.05, 4.69) is 4.72 Å². The highest BCUT2D eigenvalue weighted by molar-refractivity contribution is 7.89. The lowest BCUT2D eigenvalue weighted by Crippen LogP contribution is -2.23. The third kappa shape index (κ3) is 3.37. The topological polar surface area (TPSA) is 59.3 Å². The van der Waals surface area contributed by atoms with Gasteiger partial charge in [0.15, 0.2) is 0 Å². The summed E-state index contributed by atoms with van der Waals surface area (Å²) in [5, 5.41) is 0.428. The van der Waals surface area contributed by atoms with Crippen LogP contribution in [-0.4, -0.2) is 8.42 Å². The average molecular weight is 300 g/mol. The number of furan rings is 1. The minimum Gasteiger partial charge on any atom is -0.465 e. The summed E-state index contributed by atoms with van der Waals surface area (Å²) in [6.45, 7) is 3.73. The fourth-order valence-electron chi connectivity index (χ4n) is 1.57. The molecule has 0 spiro atoms. The van der Waals surface area contributed by atoms with Crippen molar-refractivity contribution in [1.82, 2.24) is 4.72 Å². The summed E-state index contributed by atoms with van der Waals surface area (Å²) in [5.74, 6) is 1.31. The van der Waals surface area contributed by atoms with Gasteiger partial charge in [0.25, 0.3) is 0 Å². The molecule has 0 bridgehead atoms. The van der Waals surface area contributed by atoms with Crippen LogP contribution in [0.1, 0.15) is 17.1 Å². The van der Waals surface area contributed by atoms with Gasteiger partial charge in [-0.15, -0.1) is 0 Å². The van der Waals surface area contributed by atoms with E-state index in [1.165, 1.54) is 12.1 Å². The third-order valence-electron chi connectivity index (χ3n) is 2.69. The maximum Gasteiger partial charge on any atom is 0.241 e. The number of nitrogens with one attached hydrogen (secondary N) is 1. The fourth-order valence-corrected chi connectivity index (χ4v) is 2.83. The van der Waals surface area contributed by atoms with Crippen LogP contribution < -0.4 is 4.72 Å². The van der Waals surface area contributed by atoms with Crippen LogP contribution in [-0.2, 0) is 16.6 Å². The van der Waals surface area contributed by atoms with Gasteiger partial charge in [0.2, 0.25) is 10.0 Å². The number of aryl methyl sites for hydroxylation is 2. The van der Waals surface area contributed by atoms with E-state index in [1.54, 1.807) is 25.1 Å². The zero-order valence-electron chi connectivity index (χ0n) is 10.6. The number of hydrogen-bond donors (Lipinski definition) is 1. The molecule has 0 fully saturated rings. The van der Waals surface area contributed by atoms with Gasteiger partial charge in [0.1, 0.15) is 11.5 Å². The quantitative estimate of drug-likeness (QED) is 0.944. The summed E-state index contributed by atoms with van der Waals surface area (Å²) in [7, 11) is -3.58. The monoisotopic (exact) mass is 299 g/mol. The van der Waals surface area contributed by atoms with E-state index < -0.39 is 10.0 Å². The van der Waals surface area contributed by atoms with Gasteiger partial charge in [-0.2, -0.15) is 0 Å². The molecule has 0 saturated carbocycles. The Labute approximate surface area is 117 Å². The van der Waals surface area contributed by atoms with Crippen LogP contribution in [0.15, 0.2) is 39.6 Å². The molecule has 2 rings (SSSR count). The highest BCUT2D eigenvalue weighted by Gasteiger charge is 2.15. The molecule has 0 unspecified atom stereocenters. The van der Waals surface area contributed by atoms with Gasteiger partial charge >= 0.3 is 0 Å². The van der Waals surface area contributed by atoms with Gasteiger partial charge in [-0.25, -0.2) is 13.1 Å². The second kappa shape index (κ2) is 5.36. The molecule has 1 aromatic heterocycles. The number of rotatable bonds is 4. The first-order valence-electron chi connectivity index (χ1n) is 5.69. The molecule has 6 heteroatoms. The van der Waals surface area contributed by atoms with Crippen molar-refractivity contribution in [2.45, 2.75) is 25.3 Å². The van der Waals surface area contributed by atoms with E-state index >= 15 is 0 Å². The number of benzene rings is 1. The van der Waals surface area contributed by atoms with E-state index in [4.69, 9.17) is 16.0 Å². The first-order chi connectivity index (χ1) is 8.88. The predicted molar refractivity (Wildman–Crippen MR) is 73.7 cm³/mol. The van der Waals surface area contributed by atoms with Gasteiger partial charge in [0, 0.05) is 5.02 Å². The van der Waals surface area contributed by atoms with Crippen molar-refractivity contribution in [2.24, 2.45) is 0 Å². The van der Waals surface area contributed by atoms with Crippen LogP contribution in [0.3, 0.4) is 0 Å². The van der Waals surface area contributed by atoms with Crippen LogP contribution in [0.5, 0.6) is 0 Å². The molecule has 1 N–H and O–H groups in total. The lowest BCUT2D eigenvalue weighted by atomic mass is 10.2. The van der Waals surface area contributed by atoms with Crippen molar-refractivity contribution < 1.29 is 12.8 Å². The molecule has 1 heterocycles. The number of halogens is 1. The molecule has 2 aromatic rings. The van der Waals surface area contributed by atoms with Crippen molar-refractivity contribution in [3.8, 4) is 0 Å². The zero-order valence-corrected chi connectivity index (χ0v) is 12.2. The summed E-state index contributed by atoms with van der Waals surface area (Å²) >= 11 is 5.93. The van der Waals surface area contributed by atoms with Crippen LogP contribution in [0.2, 0.25) is 5.02 Å². The van der Waals surface area contributed by atoms with Gasteiger partial charge in [-0.1, -0.05) is 17.7 Å². The molecular formula is C13H14ClNO3S. The molecule has 0 aliphatic heterocycles. The first-order valence-corrected chi connectivity index (χ1v) is 7.56. The molecule has 0 aliphatic carbocycles. The SMILES string of the molecule is Cc1ccc(CNS(=O)(=O)c2ccc(C)c(Cl)c2)o1. The molecule has 0 radical (unpaired) electrons. The minimum atomic E-state index is -3.58. The molecule has 0 saturated heterocycles. The van der Waals surface area contributed by atoms with E-state index in [1.807, 2.05) is 6.92 Å². The smallest absolute Gasteiger partial charge is 0.241 e. The van der Waals surface area contributed by atoms with Gasteiger partial charge < -0.3 is 4.42 Å².